The topological polar surface area (TPSA) is 34.2 Å². The predicted octanol–water partition coefficient (Wildman–Crippen LogP) is 3.63. The molecule has 0 amide bonds. The number of nitrogens with one attached hydrogen (secondary N) is 1. The van der Waals surface area contributed by atoms with Crippen molar-refractivity contribution in [3.8, 4) is 16.9 Å². The third-order valence-corrected chi connectivity index (χ3v) is 3.57. The highest BCUT2D eigenvalue weighted by atomic mass is 16.5. The number of ether oxygens (including phenoxy) is 1. The molecule has 2 aromatic carbocycles. The van der Waals surface area contributed by atoms with Crippen LogP contribution in [0.2, 0.25) is 0 Å². The van der Waals surface area contributed by atoms with Gasteiger partial charge in [-0.1, -0.05) is 24.3 Å². The van der Waals surface area contributed by atoms with Gasteiger partial charge in [0, 0.05) is 29.3 Å². The fourth-order valence-corrected chi connectivity index (χ4v) is 2.52. The molecular formula is C18H18N2O. The van der Waals surface area contributed by atoms with Crippen molar-refractivity contribution in [3.05, 3.63) is 60.3 Å². The van der Waals surface area contributed by atoms with Crippen LogP contribution in [0.4, 0.5) is 0 Å². The maximum Gasteiger partial charge on any atom is 0.123 e. The average molecular weight is 278 g/mol. The molecule has 0 aliphatic carbocycles. The molecule has 1 aromatic heterocycles. The van der Waals surface area contributed by atoms with Gasteiger partial charge in [0.2, 0.25) is 0 Å². The fourth-order valence-electron chi connectivity index (χ4n) is 2.52. The molecule has 1 N–H and O–H groups in total. The first kappa shape index (κ1) is 13.6. The first-order valence-corrected chi connectivity index (χ1v) is 6.98. The first-order valence-electron chi connectivity index (χ1n) is 6.98. The van der Waals surface area contributed by atoms with Crippen molar-refractivity contribution in [1.29, 1.82) is 0 Å². The molecule has 1 heterocycles. The Labute approximate surface area is 124 Å². The van der Waals surface area contributed by atoms with Crippen molar-refractivity contribution >= 4 is 10.9 Å². The Morgan fingerprint density at radius 3 is 2.71 bits per heavy atom. The summed E-state index contributed by atoms with van der Waals surface area (Å²) >= 11 is 0. The van der Waals surface area contributed by atoms with Crippen LogP contribution in [0, 0.1) is 0 Å². The molecule has 3 nitrogen and oxygen atoms in total. The van der Waals surface area contributed by atoms with Gasteiger partial charge < -0.3 is 10.1 Å². The summed E-state index contributed by atoms with van der Waals surface area (Å²) in [6.07, 6.45) is 1.92. The lowest BCUT2D eigenvalue weighted by molar-refractivity contribution is 0.408. The summed E-state index contributed by atoms with van der Waals surface area (Å²) in [7, 11) is 3.63. The monoisotopic (exact) mass is 278 g/mol. The maximum atomic E-state index is 5.40. The van der Waals surface area contributed by atoms with E-state index in [9.17, 15) is 0 Å². The molecular weight excluding hydrogens is 260 g/mol. The van der Waals surface area contributed by atoms with Crippen LogP contribution in [-0.2, 0) is 6.54 Å². The van der Waals surface area contributed by atoms with Crippen molar-refractivity contribution in [1.82, 2.24) is 10.3 Å². The lowest BCUT2D eigenvalue weighted by atomic mass is 10.0. The lowest BCUT2D eigenvalue weighted by Crippen LogP contribution is -2.06. The van der Waals surface area contributed by atoms with Crippen LogP contribution in [0.15, 0.2) is 54.7 Å². The molecule has 3 rings (SSSR count). The molecule has 3 aromatic rings. The minimum Gasteiger partial charge on any atom is -0.496 e. The second-order valence-electron chi connectivity index (χ2n) is 4.97. The van der Waals surface area contributed by atoms with Gasteiger partial charge in [0.25, 0.3) is 0 Å². The second-order valence-corrected chi connectivity index (χ2v) is 4.97. The molecule has 0 aliphatic rings. The van der Waals surface area contributed by atoms with Gasteiger partial charge in [-0.3, -0.25) is 4.98 Å². The van der Waals surface area contributed by atoms with Gasteiger partial charge in [0.05, 0.1) is 12.6 Å². The van der Waals surface area contributed by atoms with E-state index in [0.717, 1.165) is 39.9 Å². The zero-order valence-corrected chi connectivity index (χ0v) is 12.3. The Hall–Kier alpha value is -2.39. The van der Waals surface area contributed by atoms with Crippen LogP contribution in [0.1, 0.15) is 5.56 Å². The van der Waals surface area contributed by atoms with E-state index in [1.807, 2.05) is 37.5 Å². The number of hydrogen-bond acceptors (Lipinski definition) is 3. The van der Waals surface area contributed by atoms with Gasteiger partial charge >= 0.3 is 0 Å². The summed E-state index contributed by atoms with van der Waals surface area (Å²) in [6.45, 7) is 0.776. The van der Waals surface area contributed by atoms with Crippen molar-refractivity contribution in [2.45, 2.75) is 6.54 Å². The second kappa shape index (κ2) is 5.94. The Kier molecular flexibility index (Phi) is 3.84. The minimum absolute atomic E-state index is 0.776. The summed E-state index contributed by atoms with van der Waals surface area (Å²) < 4.78 is 5.40. The highest BCUT2D eigenvalue weighted by Gasteiger charge is 2.06. The Balaban J connectivity index is 2.07. The summed E-state index contributed by atoms with van der Waals surface area (Å²) in [5, 5.41) is 4.33. The van der Waals surface area contributed by atoms with Crippen molar-refractivity contribution in [2.24, 2.45) is 0 Å². The van der Waals surface area contributed by atoms with Crippen LogP contribution in [0.3, 0.4) is 0 Å². The number of benzene rings is 2. The van der Waals surface area contributed by atoms with E-state index < -0.39 is 0 Å². The molecule has 0 unspecified atom stereocenters. The van der Waals surface area contributed by atoms with Crippen molar-refractivity contribution < 1.29 is 4.74 Å². The highest BCUT2D eigenvalue weighted by molar-refractivity contribution is 5.83. The van der Waals surface area contributed by atoms with Gasteiger partial charge in [-0.15, -0.1) is 0 Å². The first-order chi connectivity index (χ1) is 10.3. The Bertz CT molecular complexity index is 768. The van der Waals surface area contributed by atoms with Crippen LogP contribution < -0.4 is 10.1 Å². The van der Waals surface area contributed by atoms with Crippen molar-refractivity contribution in [3.63, 3.8) is 0 Å². The predicted molar refractivity (Wildman–Crippen MR) is 86.5 cm³/mol. The molecule has 0 saturated heterocycles. The number of fused-ring (bicyclic) bond motifs is 1. The van der Waals surface area contributed by atoms with Gasteiger partial charge in [0.15, 0.2) is 0 Å². The number of rotatable bonds is 4. The molecule has 3 heteroatoms. The van der Waals surface area contributed by atoms with E-state index in [-0.39, 0.29) is 0 Å². The molecule has 0 radical (unpaired) electrons. The van der Waals surface area contributed by atoms with E-state index in [1.165, 1.54) is 0 Å². The number of nitrogens with zero attached hydrogens (tertiary/aromatic N) is 1. The largest absolute Gasteiger partial charge is 0.496 e. The number of hydrogen-bond donors (Lipinski definition) is 1. The van der Waals surface area contributed by atoms with Gasteiger partial charge in [-0.2, -0.15) is 0 Å². The van der Waals surface area contributed by atoms with Gasteiger partial charge in [0.1, 0.15) is 5.75 Å². The molecule has 21 heavy (non-hydrogen) atoms. The number of aromatic nitrogens is 1. The standard InChI is InChI=1S/C18H18N2O/c1-19-11-16-9-13(7-8-18(16)21-2)15-10-14-5-3-4-6-17(14)20-12-15/h3-10,12,19H,11H2,1-2H3. The fraction of sp³-hybridized carbons (Fsp3) is 0.167. The van der Waals surface area contributed by atoms with Gasteiger partial charge in [-0.05, 0) is 36.9 Å². The SMILES string of the molecule is CNCc1cc(-c2cnc3ccccc3c2)ccc1OC. The van der Waals surface area contributed by atoms with Crippen LogP contribution in [0.25, 0.3) is 22.0 Å². The smallest absolute Gasteiger partial charge is 0.123 e. The minimum atomic E-state index is 0.776. The van der Waals surface area contributed by atoms with E-state index in [2.05, 4.69) is 34.6 Å². The molecule has 0 aliphatic heterocycles. The van der Waals surface area contributed by atoms with Crippen molar-refractivity contribution in [2.75, 3.05) is 14.2 Å². The summed E-state index contributed by atoms with van der Waals surface area (Å²) in [5.74, 6) is 0.904. The maximum absolute atomic E-state index is 5.40. The quantitative estimate of drug-likeness (QED) is 0.791. The zero-order chi connectivity index (χ0) is 14.7. The zero-order valence-electron chi connectivity index (χ0n) is 12.3. The highest BCUT2D eigenvalue weighted by Crippen LogP contribution is 2.28. The Morgan fingerprint density at radius 2 is 1.90 bits per heavy atom. The summed E-state index contributed by atoms with van der Waals surface area (Å²) in [6, 6.07) is 16.6. The molecule has 0 atom stereocenters. The third-order valence-electron chi connectivity index (χ3n) is 3.57. The molecule has 0 bridgehead atoms. The molecule has 0 spiro atoms. The van der Waals surface area contributed by atoms with Crippen LogP contribution in [0.5, 0.6) is 5.75 Å². The van der Waals surface area contributed by atoms with Crippen LogP contribution in [-0.4, -0.2) is 19.1 Å². The molecule has 0 saturated carbocycles. The molecule has 0 fully saturated rings. The average Bonchev–Trinajstić information content (AvgIpc) is 2.54. The van der Waals surface area contributed by atoms with E-state index >= 15 is 0 Å². The van der Waals surface area contributed by atoms with E-state index in [0.29, 0.717) is 0 Å². The summed E-state index contributed by atoms with van der Waals surface area (Å²) in [5.41, 5.74) is 4.43. The van der Waals surface area contributed by atoms with E-state index in [1.54, 1.807) is 7.11 Å². The normalized spacial score (nSPS) is 10.8. The summed E-state index contributed by atoms with van der Waals surface area (Å²) in [4.78, 5) is 4.53. The Morgan fingerprint density at radius 1 is 1.05 bits per heavy atom. The molecule has 106 valence electrons. The van der Waals surface area contributed by atoms with E-state index in [4.69, 9.17) is 4.74 Å². The number of methoxy groups -OCH3 is 1. The number of para-hydroxylation sites is 1. The van der Waals surface area contributed by atoms with Gasteiger partial charge in [-0.25, -0.2) is 0 Å². The third kappa shape index (κ3) is 2.73. The number of pyridine rings is 1. The van der Waals surface area contributed by atoms with Crippen LogP contribution >= 0.6 is 0 Å². The lowest BCUT2D eigenvalue weighted by Gasteiger charge is -2.11.